The largest absolute Gasteiger partial charge is 0.366 e. The van der Waals surface area contributed by atoms with Crippen LogP contribution in [0.5, 0.6) is 0 Å². The summed E-state index contributed by atoms with van der Waals surface area (Å²) in [6, 6.07) is 7.78. The molecule has 3 aromatic heterocycles. The number of anilines is 1. The van der Waals surface area contributed by atoms with Crippen LogP contribution in [0.4, 0.5) is 5.82 Å². The minimum absolute atomic E-state index is 0.195. The van der Waals surface area contributed by atoms with Gasteiger partial charge in [0, 0.05) is 18.4 Å². The van der Waals surface area contributed by atoms with Gasteiger partial charge in [0.05, 0.1) is 25.5 Å². The molecule has 1 aliphatic heterocycles. The van der Waals surface area contributed by atoms with Crippen molar-refractivity contribution in [1.82, 2.24) is 29.9 Å². The molecule has 9 nitrogen and oxygen atoms in total. The first-order chi connectivity index (χ1) is 15.2. The topological polar surface area (TPSA) is 98.1 Å². The van der Waals surface area contributed by atoms with Crippen LogP contribution in [0.1, 0.15) is 46.9 Å². The maximum atomic E-state index is 13.5. The zero-order valence-corrected chi connectivity index (χ0v) is 17.4. The summed E-state index contributed by atoms with van der Waals surface area (Å²) in [5.41, 5.74) is 2.92. The number of nitrogens with zero attached hydrogens (tertiary/aromatic N) is 6. The van der Waals surface area contributed by atoms with Crippen molar-refractivity contribution in [3.05, 3.63) is 59.8 Å². The van der Waals surface area contributed by atoms with Crippen LogP contribution in [0.15, 0.2) is 42.9 Å². The summed E-state index contributed by atoms with van der Waals surface area (Å²) in [6.07, 6.45) is 7.96. The van der Waals surface area contributed by atoms with E-state index in [0.717, 1.165) is 17.9 Å². The summed E-state index contributed by atoms with van der Waals surface area (Å²) >= 11 is 0. The Morgan fingerprint density at radius 1 is 1.19 bits per heavy atom. The Morgan fingerprint density at radius 2 is 2.03 bits per heavy atom. The molecule has 1 atom stereocenters. The summed E-state index contributed by atoms with van der Waals surface area (Å²) in [5.74, 6) is 1.26. The Kier molecular flexibility index (Phi) is 5.33. The predicted molar refractivity (Wildman–Crippen MR) is 114 cm³/mol. The first-order valence-corrected chi connectivity index (χ1v) is 10.7. The molecule has 5 rings (SSSR count). The van der Waals surface area contributed by atoms with Crippen molar-refractivity contribution in [1.29, 1.82) is 0 Å². The molecule has 31 heavy (non-hydrogen) atoms. The highest BCUT2D eigenvalue weighted by Crippen LogP contribution is 2.39. The van der Waals surface area contributed by atoms with E-state index in [4.69, 9.17) is 4.74 Å². The molecule has 3 aromatic rings. The van der Waals surface area contributed by atoms with Crippen LogP contribution in [-0.2, 0) is 4.74 Å². The minimum Gasteiger partial charge on any atom is -0.366 e. The summed E-state index contributed by atoms with van der Waals surface area (Å²) in [7, 11) is 0. The van der Waals surface area contributed by atoms with Gasteiger partial charge in [-0.05, 0) is 55.9 Å². The maximum Gasteiger partial charge on any atom is 0.276 e. The Balaban J connectivity index is 1.33. The van der Waals surface area contributed by atoms with Crippen LogP contribution < -0.4 is 5.32 Å². The van der Waals surface area contributed by atoms with Crippen LogP contribution in [0.3, 0.4) is 0 Å². The van der Waals surface area contributed by atoms with Gasteiger partial charge in [-0.1, -0.05) is 6.07 Å². The molecule has 2 aliphatic rings. The average molecular weight is 419 g/mol. The third kappa shape index (κ3) is 4.27. The van der Waals surface area contributed by atoms with Gasteiger partial charge in [-0.2, -0.15) is 10.2 Å². The SMILES string of the molecule is Cc1ccc(-n2nccn2)c(C(=O)N2CCCOC2CNc2ccc(C3CC3)cn2)n1. The van der Waals surface area contributed by atoms with Crippen LogP contribution in [0.25, 0.3) is 5.69 Å². The van der Waals surface area contributed by atoms with Gasteiger partial charge >= 0.3 is 0 Å². The average Bonchev–Trinajstić information content (AvgIpc) is 3.52. The van der Waals surface area contributed by atoms with E-state index in [-0.39, 0.29) is 5.91 Å². The van der Waals surface area contributed by atoms with Crippen molar-refractivity contribution < 1.29 is 9.53 Å². The van der Waals surface area contributed by atoms with Crippen molar-refractivity contribution in [2.75, 3.05) is 25.0 Å². The standard InChI is InChI=1S/C22H25N7O2/c1-15-3-7-18(29-25-9-10-26-29)21(27-15)22(30)28-11-2-12-31-20(28)14-24-19-8-6-17(13-23-19)16-4-5-16/h3,6-10,13,16,20H,2,4-5,11-12,14H2,1H3,(H,23,24). The fraction of sp³-hybridized carbons (Fsp3) is 0.409. The van der Waals surface area contributed by atoms with Gasteiger partial charge in [-0.15, -0.1) is 4.80 Å². The van der Waals surface area contributed by atoms with E-state index in [0.29, 0.717) is 37.0 Å². The molecular formula is C22H25N7O2. The first kappa shape index (κ1) is 19.6. The molecular weight excluding hydrogens is 394 g/mol. The number of nitrogens with one attached hydrogen (secondary N) is 1. The third-order valence-electron chi connectivity index (χ3n) is 5.60. The van der Waals surface area contributed by atoms with Gasteiger partial charge in [0.1, 0.15) is 17.7 Å². The lowest BCUT2D eigenvalue weighted by Gasteiger charge is -2.35. The Bertz CT molecular complexity index is 1050. The molecule has 0 bridgehead atoms. The molecule has 4 heterocycles. The number of carbonyl (C=O) groups excluding carboxylic acids is 1. The second-order valence-corrected chi connectivity index (χ2v) is 7.95. The van der Waals surface area contributed by atoms with Gasteiger partial charge in [-0.3, -0.25) is 4.79 Å². The molecule has 2 fully saturated rings. The molecule has 1 amide bonds. The summed E-state index contributed by atoms with van der Waals surface area (Å²) in [4.78, 5) is 25.7. The summed E-state index contributed by atoms with van der Waals surface area (Å²) in [5, 5.41) is 11.6. The van der Waals surface area contributed by atoms with Gasteiger partial charge in [-0.25, -0.2) is 9.97 Å². The fourth-order valence-corrected chi connectivity index (χ4v) is 3.79. The number of aryl methyl sites for hydroxylation is 1. The smallest absolute Gasteiger partial charge is 0.276 e. The summed E-state index contributed by atoms with van der Waals surface area (Å²) in [6.45, 7) is 3.52. The predicted octanol–water partition coefficient (Wildman–Crippen LogP) is 2.54. The van der Waals surface area contributed by atoms with E-state index in [1.165, 1.54) is 23.2 Å². The lowest BCUT2D eigenvalue weighted by molar-refractivity contribution is -0.0693. The number of pyridine rings is 2. The van der Waals surface area contributed by atoms with E-state index in [2.05, 4.69) is 31.5 Å². The van der Waals surface area contributed by atoms with E-state index >= 15 is 0 Å². The van der Waals surface area contributed by atoms with E-state index in [1.54, 1.807) is 17.3 Å². The molecule has 0 radical (unpaired) electrons. The van der Waals surface area contributed by atoms with Gasteiger partial charge < -0.3 is 15.0 Å². The molecule has 1 N–H and O–H groups in total. The highest BCUT2D eigenvalue weighted by Gasteiger charge is 2.31. The number of hydrogen-bond donors (Lipinski definition) is 1. The molecule has 1 saturated carbocycles. The van der Waals surface area contributed by atoms with E-state index < -0.39 is 6.23 Å². The molecule has 1 aliphatic carbocycles. The first-order valence-electron chi connectivity index (χ1n) is 10.7. The van der Waals surface area contributed by atoms with Gasteiger partial charge in [0.2, 0.25) is 0 Å². The van der Waals surface area contributed by atoms with Crippen LogP contribution in [0.2, 0.25) is 0 Å². The van der Waals surface area contributed by atoms with E-state index in [1.807, 2.05) is 31.3 Å². The normalized spacial score (nSPS) is 18.7. The molecule has 9 heteroatoms. The van der Waals surface area contributed by atoms with Crippen molar-refractivity contribution in [3.8, 4) is 5.69 Å². The maximum absolute atomic E-state index is 13.5. The Labute approximate surface area is 180 Å². The molecule has 1 unspecified atom stereocenters. The second kappa shape index (κ2) is 8.43. The van der Waals surface area contributed by atoms with Crippen LogP contribution >= 0.6 is 0 Å². The lowest BCUT2D eigenvalue weighted by Crippen LogP contribution is -2.50. The monoisotopic (exact) mass is 419 g/mol. The third-order valence-corrected chi connectivity index (χ3v) is 5.60. The highest BCUT2D eigenvalue weighted by molar-refractivity contribution is 5.96. The Morgan fingerprint density at radius 3 is 2.77 bits per heavy atom. The van der Waals surface area contributed by atoms with Crippen molar-refractivity contribution >= 4 is 11.7 Å². The second-order valence-electron chi connectivity index (χ2n) is 7.95. The number of amides is 1. The van der Waals surface area contributed by atoms with Crippen LogP contribution in [0, 0.1) is 6.92 Å². The van der Waals surface area contributed by atoms with Crippen molar-refractivity contribution in [3.63, 3.8) is 0 Å². The summed E-state index contributed by atoms with van der Waals surface area (Å²) < 4.78 is 5.94. The van der Waals surface area contributed by atoms with Crippen molar-refractivity contribution in [2.45, 2.75) is 38.3 Å². The van der Waals surface area contributed by atoms with Gasteiger partial charge in [0.25, 0.3) is 5.91 Å². The zero-order valence-electron chi connectivity index (χ0n) is 17.4. The lowest BCUT2D eigenvalue weighted by atomic mass is 10.2. The minimum atomic E-state index is -0.410. The molecule has 160 valence electrons. The number of ether oxygens (including phenoxy) is 1. The number of hydrogen-bond acceptors (Lipinski definition) is 7. The van der Waals surface area contributed by atoms with Crippen LogP contribution in [-0.4, -0.2) is 61.7 Å². The fourth-order valence-electron chi connectivity index (χ4n) is 3.79. The molecule has 1 saturated heterocycles. The number of rotatable bonds is 6. The zero-order chi connectivity index (χ0) is 21.2. The Hall–Kier alpha value is -3.33. The number of carbonyl (C=O) groups is 1. The molecule has 0 aromatic carbocycles. The highest BCUT2D eigenvalue weighted by atomic mass is 16.5. The molecule has 0 spiro atoms. The van der Waals surface area contributed by atoms with E-state index in [9.17, 15) is 4.79 Å². The number of aromatic nitrogens is 5. The quantitative estimate of drug-likeness (QED) is 0.656. The van der Waals surface area contributed by atoms with Gasteiger partial charge in [0.15, 0.2) is 5.69 Å². The van der Waals surface area contributed by atoms with Crippen molar-refractivity contribution in [2.24, 2.45) is 0 Å².